The van der Waals surface area contributed by atoms with Crippen molar-refractivity contribution in [2.75, 3.05) is 17.2 Å². The molecule has 1 aromatic heterocycles. The van der Waals surface area contributed by atoms with Crippen molar-refractivity contribution in [1.29, 1.82) is 0 Å². The first-order valence-electron chi connectivity index (χ1n) is 7.77. The topological polar surface area (TPSA) is 59.1 Å². The summed E-state index contributed by atoms with van der Waals surface area (Å²) < 4.78 is 5.63. The molecule has 0 atom stereocenters. The van der Waals surface area contributed by atoms with Crippen LogP contribution in [0.5, 0.6) is 5.75 Å². The number of hydrogen-bond donors (Lipinski definition) is 2. The Bertz CT molecular complexity index is 569. The summed E-state index contributed by atoms with van der Waals surface area (Å²) in [6.07, 6.45) is 4.03. The largest absolute Gasteiger partial charge is 0.491 e. The van der Waals surface area contributed by atoms with Gasteiger partial charge >= 0.3 is 0 Å². The molecule has 2 aromatic rings. The Kier molecular flexibility index (Phi) is 6.01. The highest BCUT2D eigenvalue weighted by atomic mass is 16.5. The van der Waals surface area contributed by atoms with Crippen molar-refractivity contribution in [3.63, 3.8) is 0 Å². The molecular formula is C17H24N4O. The van der Waals surface area contributed by atoms with Gasteiger partial charge in [-0.2, -0.15) is 0 Å². The maximum Gasteiger partial charge on any atom is 0.135 e. The summed E-state index contributed by atoms with van der Waals surface area (Å²) in [5.74, 6) is 2.47. The lowest BCUT2D eigenvalue weighted by molar-refractivity contribution is 0.242. The van der Waals surface area contributed by atoms with E-state index in [0.717, 1.165) is 42.5 Å². The van der Waals surface area contributed by atoms with Crippen LogP contribution in [0.1, 0.15) is 33.6 Å². The third-order valence-corrected chi connectivity index (χ3v) is 3.00. The summed E-state index contributed by atoms with van der Waals surface area (Å²) in [6, 6.07) is 9.76. The number of anilines is 3. The zero-order valence-corrected chi connectivity index (χ0v) is 13.5. The molecule has 0 fully saturated rings. The van der Waals surface area contributed by atoms with E-state index in [4.69, 9.17) is 4.74 Å². The third-order valence-electron chi connectivity index (χ3n) is 3.00. The smallest absolute Gasteiger partial charge is 0.135 e. The number of nitrogens with zero attached hydrogens (tertiary/aromatic N) is 2. The van der Waals surface area contributed by atoms with E-state index in [2.05, 4.69) is 27.5 Å². The highest BCUT2D eigenvalue weighted by molar-refractivity contribution is 5.59. The summed E-state index contributed by atoms with van der Waals surface area (Å²) in [7, 11) is 0. The summed E-state index contributed by atoms with van der Waals surface area (Å²) in [5.41, 5.74) is 0.967. The van der Waals surface area contributed by atoms with Gasteiger partial charge in [0.05, 0.1) is 6.10 Å². The van der Waals surface area contributed by atoms with E-state index in [1.165, 1.54) is 0 Å². The first-order chi connectivity index (χ1) is 10.7. The van der Waals surface area contributed by atoms with Crippen molar-refractivity contribution in [1.82, 2.24) is 9.97 Å². The molecule has 5 nitrogen and oxygen atoms in total. The van der Waals surface area contributed by atoms with Gasteiger partial charge in [0.15, 0.2) is 0 Å². The van der Waals surface area contributed by atoms with E-state index in [0.29, 0.717) is 0 Å². The number of aromatic nitrogens is 2. The predicted octanol–water partition coefficient (Wildman–Crippen LogP) is 4.22. The van der Waals surface area contributed by atoms with Crippen molar-refractivity contribution in [2.45, 2.75) is 39.7 Å². The van der Waals surface area contributed by atoms with E-state index in [-0.39, 0.29) is 6.10 Å². The second-order valence-electron chi connectivity index (χ2n) is 5.38. The average Bonchev–Trinajstić information content (AvgIpc) is 2.49. The highest BCUT2D eigenvalue weighted by Crippen LogP contribution is 2.20. The molecule has 0 aliphatic rings. The van der Waals surface area contributed by atoms with Gasteiger partial charge in [0.2, 0.25) is 0 Å². The first-order valence-corrected chi connectivity index (χ1v) is 7.77. The van der Waals surface area contributed by atoms with Crippen molar-refractivity contribution in [3.8, 4) is 5.75 Å². The molecule has 1 aromatic carbocycles. The quantitative estimate of drug-likeness (QED) is 0.715. The molecule has 0 radical (unpaired) electrons. The molecule has 22 heavy (non-hydrogen) atoms. The molecule has 5 heteroatoms. The first kappa shape index (κ1) is 16.1. The van der Waals surface area contributed by atoms with Gasteiger partial charge in [-0.15, -0.1) is 0 Å². The van der Waals surface area contributed by atoms with Crippen LogP contribution in [0.25, 0.3) is 0 Å². The minimum absolute atomic E-state index is 0.178. The van der Waals surface area contributed by atoms with E-state index in [1.807, 2.05) is 44.2 Å². The third kappa shape index (κ3) is 5.24. The van der Waals surface area contributed by atoms with E-state index in [9.17, 15) is 0 Å². The van der Waals surface area contributed by atoms with Crippen LogP contribution in [-0.2, 0) is 0 Å². The van der Waals surface area contributed by atoms with Crippen LogP contribution >= 0.6 is 0 Å². The van der Waals surface area contributed by atoms with Crippen LogP contribution in [0.3, 0.4) is 0 Å². The maximum atomic E-state index is 5.63. The van der Waals surface area contributed by atoms with E-state index < -0.39 is 0 Å². The van der Waals surface area contributed by atoms with Crippen LogP contribution in [0.4, 0.5) is 17.3 Å². The Balaban J connectivity index is 1.96. The lowest BCUT2D eigenvalue weighted by Crippen LogP contribution is -2.05. The van der Waals surface area contributed by atoms with Crippen molar-refractivity contribution >= 4 is 17.3 Å². The monoisotopic (exact) mass is 300 g/mol. The standard InChI is InChI=1S/C17H24N4O/c1-4-5-10-18-16-11-17(20-12-19-16)21-14-6-8-15(9-7-14)22-13(2)3/h6-9,11-13H,4-5,10H2,1-3H3,(H2,18,19,20,21). The fourth-order valence-corrected chi connectivity index (χ4v) is 1.95. The Labute approximate surface area is 132 Å². The zero-order chi connectivity index (χ0) is 15.8. The molecule has 0 aliphatic carbocycles. The maximum absolute atomic E-state index is 5.63. The van der Waals surface area contributed by atoms with Gasteiger partial charge in [0.1, 0.15) is 23.7 Å². The van der Waals surface area contributed by atoms with Crippen LogP contribution < -0.4 is 15.4 Å². The molecule has 0 saturated carbocycles. The number of rotatable bonds is 8. The molecule has 2 N–H and O–H groups in total. The molecule has 118 valence electrons. The Morgan fingerprint density at radius 3 is 2.50 bits per heavy atom. The van der Waals surface area contributed by atoms with Crippen LogP contribution in [0.2, 0.25) is 0 Å². The number of ether oxygens (including phenoxy) is 1. The van der Waals surface area contributed by atoms with E-state index in [1.54, 1.807) is 6.33 Å². The van der Waals surface area contributed by atoms with Crippen LogP contribution in [0, 0.1) is 0 Å². The lowest BCUT2D eigenvalue weighted by Gasteiger charge is -2.11. The second kappa shape index (κ2) is 8.22. The van der Waals surface area contributed by atoms with Crippen LogP contribution in [-0.4, -0.2) is 22.6 Å². The van der Waals surface area contributed by atoms with Gasteiger partial charge in [-0.05, 0) is 44.5 Å². The zero-order valence-electron chi connectivity index (χ0n) is 13.5. The summed E-state index contributed by atoms with van der Waals surface area (Å²) >= 11 is 0. The highest BCUT2D eigenvalue weighted by Gasteiger charge is 2.01. The Morgan fingerprint density at radius 1 is 1.09 bits per heavy atom. The summed E-state index contributed by atoms with van der Waals surface area (Å²) in [5, 5.41) is 6.56. The van der Waals surface area contributed by atoms with Crippen molar-refractivity contribution in [2.24, 2.45) is 0 Å². The van der Waals surface area contributed by atoms with Gasteiger partial charge in [0, 0.05) is 18.3 Å². The minimum Gasteiger partial charge on any atom is -0.491 e. The summed E-state index contributed by atoms with van der Waals surface area (Å²) in [6.45, 7) is 7.12. The fraction of sp³-hybridized carbons (Fsp3) is 0.412. The molecule has 0 spiro atoms. The van der Waals surface area contributed by atoms with Crippen LogP contribution in [0.15, 0.2) is 36.7 Å². The van der Waals surface area contributed by atoms with Gasteiger partial charge in [-0.1, -0.05) is 13.3 Å². The van der Waals surface area contributed by atoms with Gasteiger partial charge < -0.3 is 15.4 Å². The summed E-state index contributed by atoms with van der Waals surface area (Å²) in [4.78, 5) is 8.46. The average molecular weight is 300 g/mol. The Hall–Kier alpha value is -2.30. The molecule has 2 rings (SSSR count). The lowest BCUT2D eigenvalue weighted by atomic mass is 10.3. The number of unbranched alkanes of at least 4 members (excludes halogenated alkanes) is 1. The normalized spacial score (nSPS) is 10.5. The van der Waals surface area contributed by atoms with Crippen molar-refractivity contribution in [3.05, 3.63) is 36.7 Å². The van der Waals surface area contributed by atoms with Crippen molar-refractivity contribution < 1.29 is 4.74 Å². The molecule has 1 heterocycles. The number of nitrogens with one attached hydrogen (secondary N) is 2. The fourth-order valence-electron chi connectivity index (χ4n) is 1.95. The Morgan fingerprint density at radius 2 is 1.82 bits per heavy atom. The molecule has 0 aliphatic heterocycles. The molecule has 0 bridgehead atoms. The van der Waals surface area contributed by atoms with Gasteiger partial charge in [-0.25, -0.2) is 9.97 Å². The van der Waals surface area contributed by atoms with Gasteiger partial charge in [0.25, 0.3) is 0 Å². The second-order valence-corrected chi connectivity index (χ2v) is 5.38. The SMILES string of the molecule is CCCCNc1cc(Nc2ccc(OC(C)C)cc2)ncn1. The molecular weight excluding hydrogens is 276 g/mol. The van der Waals surface area contributed by atoms with E-state index >= 15 is 0 Å². The predicted molar refractivity (Wildman–Crippen MR) is 90.9 cm³/mol. The molecule has 0 amide bonds. The molecule has 0 saturated heterocycles. The molecule has 0 unspecified atom stereocenters. The van der Waals surface area contributed by atoms with Gasteiger partial charge in [-0.3, -0.25) is 0 Å². The number of benzene rings is 1. The minimum atomic E-state index is 0.178. The number of hydrogen-bond acceptors (Lipinski definition) is 5.